The first-order valence-electron chi connectivity index (χ1n) is 6.05. The summed E-state index contributed by atoms with van der Waals surface area (Å²) in [4.78, 5) is 3.75. The van der Waals surface area contributed by atoms with Gasteiger partial charge in [0.2, 0.25) is 0 Å². The highest BCUT2D eigenvalue weighted by molar-refractivity contribution is 9.10. The molecule has 1 aromatic carbocycles. The van der Waals surface area contributed by atoms with E-state index < -0.39 is 17.7 Å². The minimum absolute atomic E-state index is 0.0828. The third-order valence-electron chi connectivity index (χ3n) is 2.61. The fourth-order valence-electron chi connectivity index (χ4n) is 1.73. The molecule has 0 spiro atoms. The summed E-state index contributed by atoms with van der Waals surface area (Å²) < 4.78 is 52.8. The fourth-order valence-corrected chi connectivity index (χ4v) is 3.24. The van der Waals surface area contributed by atoms with Gasteiger partial charge in [0.05, 0.1) is 4.88 Å². The zero-order valence-electron chi connectivity index (χ0n) is 10.9. The van der Waals surface area contributed by atoms with Crippen molar-refractivity contribution in [1.82, 2.24) is 10.3 Å². The Bertz CT molecular complexity index is 619. The van der Waals surface area contributed by atoms with E-state index in [-0.39, 0.29) is 16.4 Å². The predicted octanol–water partition coefficient (Wildman–Crippen LogP) is 4.84. The van der Waals surface area contributed by atoms with Gasteiger partial charge in [-0.15, -0.1) is 11.3 Å². The van der Waals surface area contributed by atoms with Gasteiger partial charge in [-0.05, 0) is 24.7 Å². The van der Waals surface area contributed by atoms with Gasteiger partial charge in [0.25, 0.3) is 0 Å². The third-order valence-corrected chi connectivity index (χ3v) is 4.17. The number of nitrogens with zero attached hydrogens (tertiary/aromatic N) is 1. The lowest BCUT2D eigenvalue weighted by Crippen LogP contribution is -2.15. The molecule has 0 aliphatic carbocycles. The molecule has 114 valence electrons. The predicted molar refractivity (Wildman–Crippen MR) is 77.6 cm³/mol. The maximum Gasteiger partial charge on any atom is 0.434 e. The van der Waals surface area contributed by atoms with Crippen LogP contribution in [-0.4, -0.2) is 11.5 Å². The van der Waals surface area contributed by atoms with Crippen LogP contribution in [0.3, 0.4) is 0 Å². The summed E-state index contributed by atoms with van der Waals surface area (Å²) in [6.45, 7) is 2.44. The van der Waals surface area contributed by atoms with Gasteiger partial charge in [0.1, 0.15) is 10.8 Å². The summed E-state index contributed by atoms with van der Waals surface area (Å²) in [6.07, 6.45) is -4.52. The Balaban J connectivity index is 2.47. The Morgan fingerprint density at radius 1 is 1.29 bits per heavy atom. The Hall–Kier alpha value is -0.990. The van der Waals surface area contributed by atoms with Crippen molar-refractivity contribution in [3.05, 3.63) is 39.1 Å². The van der Waals surface area contributed by atoms with E-state index in [1.165, 1.54) is 12.1 Å². The molecule has 0 bridgehead atoms. The second-order valence-corrected chi connectivity index (χ2v) is 6.23. The number of hydrogen-bond donors (Lipinski definition) is 1. The van der Waals surface area contributed by atoms with E-state index in [9.17, 15) is 17.6 Å². The van der Waals surface area contributed by atoms with Crippen LogP contribution in [-0.2, 0) is 12.7 Å². The molecule has 1 heterocycles. The van der Waals surface area contributed by atoms with Crippen LogP contribution in [0.5, 0.6) is 0 Å². The lowest BCUT2D eigenvalue weighted by Gasteiger charge is -2.05. The first-order chi connectivity index (χ1) is 9.81. The Morgan fingerprint density at radius 3 is 2.57 bits per heavy atom. The first-order valence-corrected chi connectivity index (χ1v) is 7.66. The third kappa shape index (κ3) is 4.02. The van der Waals surface area contributed by atoms with E-state index in [0.717, 1.165) is 11.3 Å². The smallest absolute Gasteiger partial charge is 0.312 e. The van der Waals surface area contributed by atoms with Crippen LogP contribution < -0.4 is 5.32 Å². The van der Waals surface area contributed by atoms with Crippen LogP contribution in [0.25, 0.3) is 10.6 Å². The Morgan fingerprint density at radius 2 is 2.00 bits per heavy atom. The van der Waals surface area contributed by atoms with E-state index in [1.54, 1.807) is 13.0 Å². The summed E-state index contributed by atoms with van der Waals surface area (Å²) >= 11 is 4.04. The molecule has 8 heteroatoms. The van der Waals surface area contributed by atoms with Gasteiger partial charge in [0.15, 0.2) is 5.69 Å². The number of alkyl halides is 3. The molecule has 0 radical (unpaired) electrons. The highest BCUT2D eigenvalue weighted by Crippen LogP contribution is 2.38. The second kappa shape index (κ2) is 6.41. The van der Waals surface area contributed by atoms with Crippen LogP contribution in [0, 0.1) is 5.82 Å². The van der Waals surface area contributed by atoms with Crippen molar-refractivity contribution in [2.24, 2.45) is 0 Å². The van der Waals surface area contributed by atoms with Gasteiger partial charge >= 0.3 is 6.18 Å². The normalized spacial score (nSPS) is 11.9. The van der Waals surface area contributed by atoms with Gasteiger partial charge in [-0.3, -0.25) is 0 Å². The van der Waals surface area contributed by atoms with Crippen LogP contribution in [0.4, 0.5) is 17.6 Å². The number of aromatic nitrogens is 1. The Labute approximate surface area is 131 Å². The second-order valence-electron chi connectivity index (χ2n) is 4.23. The van der Waals surface area contributed by atoms with Crippen LogP contribution in [0.15, 0.2) is 22.7 Å². The van der Waals surface area contributed by atoms with Gasteiger partial charge < -0.3 is 5.32 Å². The van der Waals surface area contributed by atoms with E-state index in [4.69, 9.17) is 0 Å². The summed E-state index contributed by atoms with van der Waals surface area (Å²) in [6, 6.07) is 3.95. The lowest BCUT2D eigenvalue weighted by atomic mass is 10.2. The first kappa shape index (κ1) is 16.4. The molecular weight excluding hydrogens is 372 g/mol. The number of thiazole rings is 1. The molecule has 2 nitrogen and oxygen atoms in total. The van der Waals surface area contributed by atoms with Gasteiger partial charge in [-0.25, -0.2) is 9.37 Å². The molecule has 0 unspecified atom stereocenters. The molecule has 0 amide bonds. The molecule has 0 saturated heterocycles. The van der Waals surface area contributed by atoms with Crippen molar-refractivity contribution in [2.75, 3.05) is 6.54 Å². The fraction of sp³-hybridized carbons (Fsp3) is 0.308. The van der Waals surface area contributed by atoms with Gasteiger partial charge in [0, 0.05) is 16.6 Å². The molecule has 0 fully saturated rings. The number of benzene rings is 1. The van der Waals surface area contributed by atoms with Crippen molar-refractivity contribution in [1.29, 1.82) is 0 Å². The maximum absolute atomic E-state index is 13.4. The van der Waals surface area contributed by atoms with Crippen LogP contribution in [0.2, 0.25) is 0 Å². The highest BCUT2D eigenvalue weighted by atomic mass is 79.9. The SMILES string of the molecule is CCNCc1sc(-c2cc(F)cc(Br)c2)nc1C(F)(F)F. The summed E-state index contributed by atoms with van der Waals surface area (Å²) in [5, 5.41) is 3.00. The summed E-state index contributed by atoms with van der Waals surface area (Å²) in [7, 11) is 0. The molecule has 0 atom stereocenters. The standard InChI is InChI=1S/C13H11BrF4N2S/c1-2-19-6-10-11(13(16,17)18)20-12(21-10)7-3-8(14)5-9(15)4-7/h3-5,19H,2,6H2,1H3. The monoisotopic (exact) mass is 382 g/mol. The van der Waals surface area contributed by atoms with E-state index in [2.05, 4.69) is 26.2 Å². The van der Waals surface area contributed by atoms with Crippen molar-refractivity contribution in [3.63, 3.8) is 0 Å². The van der Waals surface area contributed by atoms with Crippen molar-refractivity contribution < 1.29 is 17.6 Å². The Kier molecular flexibility index (Phi) is 5.00. The van der Waals surface area contributed by atoms with E-state index in [0.29, 0.717) is 16.6 Å². The molecule has 2 rings (SSSR count). The molecule has 2 aromatic rings. The largest absolute Gasteiger partial charge is 0.434 e. The molecular formula is C13H11BrF4N2S. The van der Waals surface area contributed by atoms with Crippen molar-refractivity contribution in [2.45, 2.75) is 19.6 Å². The number of halogens is 5. The molecule has 21 heavy (non-hydrogen) atoms. The maximum atomic E-state index is 13.4. The van der Waals surface area contributed by atoms with Gasteiger partial charge in [-0.2, -0.15) is 13.2 Å². The number of nitrogens with one attached hydrogen (secondary N) is 1. The lowest BCUT2D eigenvalue weighted by molar-refractivity contribution is -0.141. The topological polar surface area (TPSA) is 24.9 Å². The summed E-state index contributed by atoms with van der Waals surface area (Å²) in [5.41, 5.74) is -0.594. The quantitative estimate of drug-likeness (QED) is 0.765. The van der Waals surface area contributed by atoms with E-state index in [1.807, 2.05) is 0 Å². The number of rotatable bonds is 4. The van der Waals surface area contributed by atoms with Crippen molar-refractivity contribution >= 4 is 27.3 Å². The average Bonchev–Trinajstić information content (AvgIpc) is 2.79. The average molecular weight is 383 g/mol. The summed E-state index contributed by atoms with van der Waals surface area (Å²) in [5.74, 6) is -0.531. The zero-order chi connectivity index (χ0) is 15.6. The van der Waals surface area contributed by atoms with Crippen LogP contribution in [0.1, 0.15) is 17.5 Å². The van der Waals surface area contributed by atoms with Crippen LogP contribution >= 0.6 is 27.3 Å². The van der Waals surface area contributed by atoms with Crippen molar-refractivity contribution in [3.8, 4) is 10.6 Å². The minimum Gasteiger partial charge on any atom is -0.312 e. The highest BCUT2D eigenvalue weighted by Gasteiger charge is 2.37. The minimum atomic E-state index is -4.52. The van der Waals surface area contributed by atoms with E-state index >= 15 is 0 Å². The molecule has 1 aromatic heterocycles. The zero-order valence-corrected chi connectivity index (χ0v) is 13.3. The molecule has 0 aliphatic rings. The molecule has 0 aliphatic heterocycles. The number of hydrogen-bond acceptors (Lipinski definition) is 3. The molecule has 1 N–H and O–H groups in total. The molecule has 0 saturated carbocycles. The van der Waals surface area contributed by atoms with Gasteiger partial charge in [-0.1, -0.05) is 22.9 Å².